The molecule has 0 aliphatic carbocycles. The molecule has 8 heteroatoms. The summed E-state index contributed by atoms with van der Waals surface area (Å²) in [6.07, 6.45) is 4.04. The van der Waals surface area contributed by atoms with Crippen molar-refractivity contribution in [2.45, 2.75) is 18.2 Å². The van der Waals surface area contributed by atoms with E-state index in [1.54, 1.807) is 67.0 Å². The molecule has 4 aromatic rings. The van der Waals surface area contributed by atoms with Gasteiger partial charge >= 0.3 is 0 Å². The average Bonchev–Trinajstić information content (AvgIpc) is 2.87. The first kappa shape index (κ1) is 23.3. The van der Waals surface area contributed by atoms with Gasteiger partial charge in [0.2, 0.25) is 5.91 Å². The van der Waals surface area contributed by atoms with Gasteiger partial charge in [0.1, 0.15) is 12.3 Å². The van der Waals surface area contributed by atoms with E-state index in [-0.39, 0.29) is 4.90 Å². The number of sulfonamides is 1. The molecular formula is C26H25N3O4S. The van der Waals surface area contributed by atoms with Crippen molar-refractivity contribution in [3.8, 4) is 5.75 Å². The molecule has 0 spiro atoms. The number of ether oxygens (including phenoxy) is 1. The molecule has 0 aliphatic rings. The topological polar surface area (TPSA) is 88.6 Å². The van der Waals surface area contributed by atoms with Crippen LogP contribution >= 0.6 is 0 Å². The molecule has 34 heavy (non-hydrogen) atoms. The molecule has 174 valence electrons. The summed E-state index contributed by atoms with van der Waals surface area (Å²) in [7, 11) is -2.56. The van der Waals surface area contributed by atoms with Crippen molar-refractivity contribution in [3.05, 3.63) is 90.8 Å². The summed E-state index contributed by atoms with van der Waals surface area (Å²) in [5, 5.41) is 4.02. The van der Waals surface area contributed by atoms with E-state index in [0.29, 0.717) is 27.9 Å². The minimum atomic E-state index is -4.09. The molecule has 1 aromatic heterocycles. The molecular weight excluding hydrogens is 450 g/mol. The first-order chi connectivity index (χ1) is 16.4. The number of fused-ring (bicyclic) bond motifs is 1. The van der Waals surface area contributed by atoms with Crippen LogP contribution in [0.3, 0.4) is 0 Å². The van der Waals surface area contributed by atoms with Crippen LogP contribution in [-0.4, -0.2) is 33.0 Å². The number of carbonyl (C=O) groups is 1. The van der Waals surface area contributed by atoms with Crippen LogP contribution in [0.2, 0.25) is 0 Å². The Balaban J connectivity index is 1.71. The van der Waals surface area contributed by atoms with Crippen LogP contribution in [0.15, 0.2) is 90.1 Å². The van der Waals surface area contributed by atoms with Crippen molar-refractivity contribution in [1.82, 2.24) is 4.98 Å². The molecule has 1 N–H and O–H groups in total. The van der Waals surface area contributed by atoms with Gasteiger partial charge in [0.15, 0.2) is 0 Å². The Kier molecular flexibility index (Phi) is 6.79. The highest BCUT2D eigenvalue weighted by molar-refractivity contribution is 7.93. The number of nitrogens with one attached hydrogen (secondary N) is 1. The number of carbonyl (C=O) groups excluding carboxylic acids is 1. The van der Waals surface area contributed by atoms with E-state index in [0.717, 1.165) is 16.3 Å². The summed E-state index contributed by atoms with van der Waals surface area (Å²) < 4.78 is 34.0. The van der Waals surface area contributed by atoms with Crippen LogP contribution in [0, 0.1) is 0 Å². The summed E-state index contributed by atoms with van der Waals surface area (Å²) in [6, 6.07) is 20.7. The number of nitrogens with zero attached hydrogens (tertiary/aromatic N) is 2. The van der Waals surface area contributed by atoms with E-state index in [1.165, 1.54) is 13.2 Å². The molecule has 0 bridgehead atoms. The van der Waals surface area contributed by atoms with Crippen LogP contribution in [0.5, 0.6) is 5.75 Å². The predicted octanol–water partition coefficient (Wildman–Crippen LogP) is 4.64. The Morgan fingerprint density at radius 3 is 2.41 bits per heavy atom. The first-order valence-corrected chi connectivity index (χ1v) is 12.2. The van der Waals surface area contributed by atoms with Crippen LogP contribution in [0.25, 0.3) is 10.8 Å². The van der Waals surface area contributed by atoms with Crippen LogP contribution < -0.4 is 14.4 Å². The van der Waals surface area contributed by atoms with Crippen LogP contribution in [0.1, 0.15) is 12.5 Å². The maximum Gasteiger partial charge on any atom is 0.265 e. The third-order valence-corrected chi connectivity index (χ3v) is 7.33. The van der Waals surface area contributed by atoms with Crippen molar-refractivity contribution >= 4 is 38.1 Å². The minimum absolute atomic E-state index is 0.100. The number of hydrogen-bond donors (Lipinski definition) is 1. The fourth-order valence-electron chi connectivity index (χ4n) is 3.65. The molecule has 0 saturated carbocycles. The molecule has 0 atom stereocenters. The Morgan fingerprint density at radius 1 is 1.00 bits per heavy atom. The number of aromatic nitrogens is 1. The van der Waals surface area contributed by atoms with Gasteiger partial charge in [-0.15, -0.1) is 0 Å². The normalized spacial score (nSPS) is 11.2. The first-order valence-electron chi connectivity index (χ1n) is 10.8. The second-order valence-electron chi connectivity index (χ2n) is 7.66. The smallest absolute Gasteiger partial charge is 0.265 e. The number of anilines is 2. The molecule has 1 heterocycles. The molecule has 0 fully saturated rings. The van der Waals surface area contributed by atoms with Crippen molar-refractivity contribution in [2.75, 3.05) is 23.3 Å². The Bertz CT molecular complexity index is 1400. The van der Waals surface area contributed by atoms with E-state index < -0.39 is 22.5 Å². The number of pyridine rings is 1. The highest BCUT2D eigenvalue weighted by atomic mass is 32.2. The SMILES string of the molecule is CCc1ccc(NC(=O)CN(c2ccc(OC)cc2)S(=O)(=O)c2cccc3cnccc23)cc1. The average molecular weight is 476 g/mol. The zero-order chi connectivity index (χ0) is 24.1. The molecule has 3 aromatic carbocycles. The lowest BCUT2D eigenvalue weighted by atomic mass is 10.1. The standard InChI is InChI=1S/C26H25N3O4S/c1-3-19-7-9-21(10-8-19)28-26(30)18-29(22-11-13-23(33-2)14-12-22)34(31,32)25-6-4-5-20-17-27-16-15-24(20)25/h4-17H,3,18H2,1-2H3,(H,28,30). The van der Waals surface area contributed by atoms with Crippen molar-refractivity contribution < 1.29 is 17.9 Å². The summed E-state index contributed by atoms with van der Waals surface area (Å²) in [5.74, 6) is 0.128. The fourth-order valence-corrected chi connectivity index (χ4v) is 5.29. The molecule has 7 nitrogen and oxygen atoms in total. The van der Waals surface area contributed by atoms with Gasteiger partial charge in [-0.1, -0.05) is 31.2 Å². The summed E-state index contributed by atoms with van der Waals surface area (Å²) in [4.78, 5) is 17.1. The highest BCUT2D eigenvalue weighted by Gasteiger charge is 2.29. The van der Waals surface area contributed by atoms with Gasteiger partial charge in [0.05, 0.1) is 17.7 Å². The second kappa shape index (κ2) is 9.93. The molecule has 0 radical (unpaired) electrons. The minimum Gasteiger partial charge on any atom is -0.497 e. The summed E-state index contributed by atoms with van der Waals surface area (Å²) in [5.41, 5.74) is 2.10. The van der Waals surface area contributed by atoms with Gasteiger partial charge in [-0.2, -0.15) is 0 Å². The Morgan fingerprint density at radius 2 is 1.74 bits per heavy atom. The van der Waals surface area contributed by atoms with Gasteiger partial charge in [0, 0.05) is 28.9 Å². The number of benzene rings is 3. The zero-order valence-corrected chi connectivity index (χ0v) is 19.7. The lowest BCUT2D eigenvalue weighted by molar-refractivity contribution is -0.114. The van der Waals surface area contributed by atoms with Gasteiger partial charge < -0.3 is 10.1 Å². The molecule has 0 saturated heterocycles. The highest BCUT2D eigenvalue weighted by Crippen LogP contribution is 2.30. The van der Waals surface area contributed by atoms with E-state index in [9.17, 15) is 13.2 Å². The van der Waals surface area contributed by atoms with E-state index in [1.807, 2.05) is 12.1 Å². The van der Waals surface area contributed by atoms with Gasteiger partial charge in [-0.25, -0.2) is 8.42 Å². The van der Waals surface area contributed by atoms with Crippen LogP contribution in [-0.2, 0) is 21.2 Å². The third kappa shape index (κ3) is 4.87. The maximum atomic E-state index is 13.9. The number of hydrogen-bond acceptors (Lipinski definition) is 5. The quantitative estimate of drug-likeness (QED) is 0.401. The van der Waals surface area contributed by atoms with Gasteiger partial charge in [-0.05, 0) is 60.5 Å². The van der Waals surface area contributed by atoms with Gasteiger partial charge in [-0.3, -0.25) is 14.1 Å². The summed E-state index contributed by atoms with van der Waals surface area (Å²) in [6.45, 7) is 1.65. The number of aryl methyl sites for hydroxylation is 1. The van der Waals surface area contributed by atoms with Crippen molar-refractivity contribution in [3.63, 3.8) is 0 Å². The van der Waals surface area contributed by atoms with E-state index in [2.05, 4.69) is 17.2 Å². The zero-order valence-electron chi connectivity index (χ0n) is 18.9. The third-order valence-electron chi connectivity index (χ3n) is 5.50. The second-order valence-corrected chi connectivity index (χ2v) is 9.49. The van der Waals surface area contributed by atoms with Crippen LogP contribution in [0.4, 0.5) is 11.4 Å². The lowest BCUT2D eigenvalue weighted by Gasteiger charge is -2.25. The Hall–Kier alpha value is -3.91. The maximum absolute atomic E-state index is 13.9. The monoisotopic (exact) mass is 475 g/mol. The summed E-state index contributed by atoms with van der Waals surface area (Å²) >= 11 is 0. The molecule has 1 amide bonds. The molecule has 4 rings (SSSR count). The van der Waals surface area contributed by atoms with E-state index >= 15 is 0 Å². The lowest BCUT2D eigenvalue weighted by Crippen LogP contribution is -2.38. The van der Waals surface area contributed by atoms with E-state index in [4.69, 9.17) is 4.74 Å². The predicted molar refractivity (Wildman–Crippen MR) is 134 cm³/mol. The number of amides is 1. The van der Waals surface area contributed by atoms with Crippen molar-refractivity contribution in [2.24, 2.45) is 0 Å². The molecule has 0 aliphatic heterocycles. The Labute approximate surface area is 199 Å². The fraction of sp³-hybridized carbons (Fsp3) is 0.154. The largest absolute Gasteiger partial charge is 0.497 e. The number of rotatable bonds is 8. The molecule has 0 unspecified atom stereocenters. The van der Waals surface area contributed by atoms with Crippen molar-refractivity contribution in [1.29, 1.82) is 0 Å². The van der Waals surface area contributed by atoms with Gasteiger partial charge in [0.25, 0.3) is 10.0 Å². The number of methoxy groups -OCH3 is 1.